The van der Waals surface area contributed by atoms with Gasteiger partial charge in [-0.25, -0.2) is 9.82 Å². The number of nitrogens with one attached hydrogen (secondary N) is 1. The van der Waals surface area contributed by atoms with Gasteiger partial charge in [-0.3, -0.25) is 4.79 Å². The van der Waals surface area contributed by atoms with E-state index in [1.807, 2.05) is 23.6 Å². The van der Waals surface area contributed by atoms with Crippen molar-refractivity contribution in [3.05, 3.63) is 53.8 Å². The van der Waals surface area contributed by atoms with Crippen molar-refractivity contribution in [2.24, 2.45) is 5.10 Å². The molecule has 0 aliphatic heterocycles. The van der Waals surface area contributed by atoms with E-state index in [4.69, 9.17) is 9.47 Å². The van der Waals surface area contributed by atoms with Gasteiger partial charge in [0.05, 0.1) is 26.2 Å². The van der Waals surface area contributed by atoms with Crippen LogP contribution < -0.4 is 14.9 Å². The van der Waals surface area contributed by atoms with E-state index in [0.717, 1.165) is 5.56 Å². The molecule has 1 aromatic heterocycles. The first-order valence-corrected chi connectivity index (χ1v) is 10.4. The zero-order valence-electron chi connectivity index (χ0n) is 17.3. The molecule has 0 bridgehead atoms. The molecule has 0 atom stereocenters. The van der Waals surface area contributed by atoms with E-state index in [2.05, 4.69) is 20.7 Å². The highest BCUT2D eigenvalue weighted by Crippen LogP contribution is 2.32. The summed E-state index contributed by atoms with van der Waals surface area (Å²) in [6, 6.07) is 11.7. The normalized spacial score (nSPS) is 11.0. The summed E-state index contributed by atoms with van der Waals surface area (Å²) in [5.41, 5.74) is 3.50. The van der Waals surface area contributed by atoms with Gasteiger partial charge in [-0.1, -0.05) is 30.0 Å². The number of rotatable bonds is 9. The maximum Gasteiger partial charge on any atom is 0.250 e. The standard InChI is InChI=1S/C21H22FN5O3S/c1-4-27-20(14-9-10-17(29-2)18(11-14)30-3)25-26-21(27)31-13-19(28)24-23-12-15-7-5-6-8-16(15)22/h5-12H,4,13H2,1-3H3,(H,24,28)/b23-12-. The second kappa shape index (κ2) is 10.6. The molecule has 0 aliphatic rings. The number of hydrazone groups is 1. The van der Waals surface area contributed by atoms with E-state index < -0.39 is 5.82 Å². The monoisotopic (exact) mass is 443 g/mol. The molecular weight excluding hydrogens is 421 g/mol. The predicted molar refractivity (Wildman–Crippen MR) is 117 cm³/mol. The zero-order valence-corrected chi connectivity index (χ0v) is 18.1. The average Bonchev–Trinajstić information content (AvgIpc) is 3.21. The van der Waals surface area contributed by atoms with E-state index in [0.29, 0.717) is 34.6 Å². The van der Waals surface area contributed by atoms with Crippen LogP contribution in [0, 0.1) is 5.82 Å². The van der Waals surface area contributed by atoms with Gasteiger partial charge in [0.2, 0.25) is 0 Å². The molecule has 1 heterocycles. The lowest BCUT2D eigenvalue weighted by Gasteiger charge is -2.10. The van der Waals surface area contributed by atoms with Gasteiger partial charge in [-0.2, -0.15) is 5.10 Å². The predicted octanol–water partition coefficient (Wildman–Crippen LogP) is 3.36. The molecule has 31 heavy (non-hydrogen) atoms. The smallest absolute Gasteiger partial charge is 0.250 e. The van der Waals surface area contributed by atoms with Gasteiger partial charge >= 0.3 is 0 Å². The molecule has 0 fully saturated rings. The lowest BCUT2D eigenvalue weighted by molar-refractivity contribution is -0.118. The number of amides is 1. The molecule has 0 saturated heterocycles. The maximum atomic E-state index is 13.6. The Hall–Kier alpha value is -3.40. The lowest BCUT2D eigenvalue weighted by atomic mass is 10.2. The van der Waals surface area contributed by atoms with Crippen LogP contribution in [0.5, 0.6) is 11.5 Å². The summed E-state index contributed by atoms with van der Waals surface area (Å²) in [7, 11) is 3.15. The fourth-order valence-corrected chi connectivity index (χ4v) is 3.58. The first-order valence-electron chi connectivity index (χ1n) is 9.42. The number of methoxy groups -OCH3 is 2. The molecule has 162 valence electrons. The number of aromatic nitrogens is 3. The molecular formula is C21H22FN5O3S. The van der Waals surface area contributed by atoms with Gasteiger partial charge in [0.1, 0.15) is 5.82 Å². The summed E-state index contributed by atoms with van der Waals surface area (Å²) in [4.78, 5) is 12.1. The largest absolute Gasteiger partial charge is 0.493 e. The molecule has 0 aliphatic carbocycles. The van der Waals surface area contributed by atoms with Crippen molar-refractivity contribution in [2.45, 2.75) is 18.6 Å². The molecule has 1 amide bonds. The maximum absolute atomic E-state index is 13.6. The average molecular weight is 444 g/mol. The van der Waals surface area contributed by atoms with E-state index in [-0.39, 0.29) is 11.7 Å². The minimum absolute atomic E-state index is 0.0820. The summed E-state index contributed by atoms with van der Waals surface area (Å²) in [5.74, 6) is 1.20. The number of hydrogen-bond donors (Lipinski definition) is 1. The summed E-state index contributed by atoms with van der Waals surface area (Å²) in [6.45, 7) is 2.59. The third-order valence-corrected chi connectivity index (χ3v) is 5.27. The first kappa shape index (κ1) is 22.3. The molecule has 0 saturated carbocycles. The highest BCUT2D eigenvalue weighted by atomic mass is 32.2. The Morgan fingerprint density at radius 1 is 1.19 bits per heavy atom. The van der Waals surface area contributed by atoms with Crippen LogP contribution in [0.1, 0.15) is 12.5 Å². The number of nitrogens with zero attached hydrogens (tertiary/aromatic N) is 4. The highest BCUT2D eigenvalue weighted by molar-refractivity contribution is 7.99. The molecule has 8 nitrogen and oxygen atoms in total. The number of halogens is 1. The van der Waals surface area contributed by atoms with Crippen LogP contribution in [-0.4, -0.2) is 46.9 Å². The number of hydrogen-bond acceptors (Lipinski definition) is 7. The highest BCUT2D eigenvalue weighted by Gasteiger charge is 2.16. The van der Waals surface area contributed by atoms with Crippen LogP contribution in [0.25, 0.3) is 11.4 Å². The minimum atomic E-state index is -0.409. The third kappa shape index (κ3) is 5.40. The Kier molecular flexibility index (Phi) is 7.60. The van der Waals surface area contributed by atoms with Crippen LogP contribution in [-0.2, 0) is 11.3 Å². The van der Waals surface area contributed by atoms with Gasteiger partial charge in [0.25, 0.3) is 5.91 Å². The van der Waals surface area contributed by atoms with Crippen molar-refractivity contribution in [1.82, 2.24) is 20.2 Å². The van der Waals surface area contributed by atoms with Crippen molar-refractivity contribution in [1.29, 1.82) is 0 Å². The summed E-state index contributed by atoms with van der Waals surface area (Å²) >= 11 is 1.24. The van der Waals surface area contributed by atoms with E-state index in [1.54, 1.807) is 38.5 Å². The van der Waals surface area contributed by atoms with Crippen LogP contribution in [0.2, 0.25) is 0 Å². The first-order chi connectivity index (χ1) is 15.1. The molecule has 0 radical (unpaired) electrons. The van der Waals surface area contributed by atoms with E-state index in [9.17, 15) is 9.18 Å². The van der Waals surface area contributed by atoms with Crippen LogP contribution in [0.3, 0.4) is 0 Å². The fourth-order valence-electron chi connectivity index (χ4n) is 2.79. The molecule has 0 spiro atoms. The van der Waals surface area contributed by atoms with Gasteiger partial charge in [0, 0.05) is 17.7 Å². The Labute approximate surface area is 183 Å². The molecule has 2 aromatic carbocycles. The van der Waals surface area contributed by atoms with Crippen LogP contribution in [0.15, 0.2) is 52.7 Å². The second-order valence-electron chi connectivity index (χ2n) is 6.22. The Morgan fingerprint density at radius 3 is 2.68 bits per heavy atom. The molecule has 1 N–H and O–H groups in total. The van der Waals surface area contributed by atoms with Gasteiger partial charge in [0.15, 0.2) is 22.5 Å². The van der Waals surface area contributed by atoms with Crippen molar-refractivity contribution in [3.63, 3.8) is 0 Å². The molecule has 3 aromatic rings. The summed E-state index contributed by atoms with van der Waals surface area (Å²) in [5, 5.41) is 12.9. The topological polar surface area (TPSA) is 90.6 Å². The van der Waals surface area contributed by atoms with Crippen molar-refractivity contribution < 1.29 is 18.7 Å². The van der Waals surface area contributed by atoms with Crippen molar-refractivity contribution in [3.8, 4) is 22.9 Å². The Bertz CT molecular complexity index is 1090. The van der Waals surface area contributed by atoms with E-state index in [1.165, 1.54) is 24.0 Å². The van der Waals surface area contributed by atoms with Crippen LogP contribution in [0.4, 0.5) is 4.39 Å². The molecule has 0 unspecified atom stereocenters. The SMILES string of the molecule is CCn1c(SCC(=O)N/N=C\c2ccccc2F)nnc1-c1ccc(OC)c(OC)c1. The second-order valence-corrected chi connectivity index (χ2v) is 7.17. The number of carbonyl (C=O) groups excluding carboxylic acids is 1. The lowest BCUT2D eigenvalue weighted by Crippen LogP contribution is -2.20. The van der Waals surface area contributed by atoms with Gasteiger partial charge in [-0.15, -0.1) is 10.2 Å². The number of thioether (sulfide) groups is 1. The quantitative estimate of drug-likeness (QED) is 0.310. The number of benzene rings is 2. The van der Waals surface area contributed by atoms with E-state index >= 15 is 0 Å². The van der Waals surface area contributed by atoms with Crippen molar-refractivity contribution >= 4 is 23.9 Å². The molecule has 10 heteroatoms. The third-order valence-electron chi connectivity index (χ3n) is 4.31. The fraction of sp³-hybridized carbons (Fsp3) is 0.238. The van der Waals surface area contributed by atoms with Gasteiger partial charge in [-0.05, 0) is 31.2 Å². The van der Waals surface area contributed by atoms with Crippen molar-refractivity contribution in [2.75, 3.05) is 20.0 Å². The summed E-state index contributed by atoms with van der Waals surface area (Å²) in [6.07, 6.45) is 1.27. The Balaban J connectivity index is 1.66. The zero-order chi connectivity index (χ0) is 22.2. The minimum Gasteiger partial charge on any atom is -0.493 e. The molecule has 3 rings (SSSR count). The number of carbonyl (C=O) groups is 1. The van der Waals surface area contributed by atoms with Crippen LogP contribution >= 0.6 is 11.8 Å². The number of ether oxygens (including phenoxy) is 2. The summed E-state index contributed by atoms with van der Waals surface area (Å²) < 4.78 is 26.1. The Morgan fingerprint density at radius 2 is 1.97 bits per heavy atom. The van der Waals surface area contributed by atoms with Gasteiger partial charge < -0.3 is 14.0 Å².